The van der Waals surface area contributed by atoms with E-state index in [0.29, 0.717) is 11.3 Å². The quantitative estimate of drug-likeness (QED) is 0.571. The van der Waals surface area contributed by atoms with Crippen molar-refractivity contribution in [3.05, 3.63) is 59.7 Å². The first-order chi connectivity index (χ1) is 8.70. The molecular weight excluding hydrogens is 226 g/mol. The highest BCUT2D eigenvalue weighted by molar-refractivity contribution is 6.07. The van der Waals surface area contributed by atoms with E-state index in [-0.39, 0.29) is 5.91 Å². The summed E-state index contributed by atoms with van der Waals surface area (Å²) in [6, 6.07) is 14.7. The average molecular weight is 241 g/mol. The van der Waals surface area contributed by atoms with Gasteiger partial charge in [-0.15, -0.1) is 0 Å². The van der Waals surface area contributed by atoms with Crippen molar-refractivity contribution in [3.8, 4) is 0 Å². The minimum atomic E-state index is -0.188. The maximum absolute atomic E-state index is 12.1. The van der Waals surface area contributed by atoms with Gasteiger partial charge in [-0.2, -0.15) is 0 Å². The van der Waals surface area contributed by atoms with Crippen molar-refractivity contribution >= 4 is 17.3 Å². The Morgan fingerprint density at radius 3 is 2.39 bits per heavy atom. The van der Waals surface area contributed by atoms with Crippen LogP contribution in [-0.2, 0) is 0 Å². The van der Waals surface area contributed by atoms with Crippen LogP contribution in [0.4, 0.5) is 11.4 Å². The molecule has 0 aliphatic rings. The number of hydrogen-bond donors (Lipinski definition) is 3. The molecule has 0 unspecified atom stereocenters. The molecular formula is C14H15N3O. The number of aryl methyl sites for hydroxylation is 1. The number of amides is 1. The SMILES string of the molecule is Cc1ccc(NC(=O)c2ccccc2NN)cc1. The monoisotopic (exact) mass is 241 g/mol. The molecule has 2 rings (SSSR count). The van der Waals surface area contributed by atoms with Crippen molar-refractivity contribution in [3.63, 3.8) is 0 Å². The zero-order valence-corrected chi connectivity index (χ0v) is 10.1. The highest BCUT2D eigenvalue weighted by Crippen LogP contribution is 2.16. The normalized spacial score (nSPS) is 9.89. The summed E-state index contributed by atoms with van der Waals surface area (Å²) in [7, 11) is 0. The molecule has 0 aliphatic carbocycles. The maximum atomic E-state index is 12.1. The molecule has 0 fully saturated rings. The van der Waals surface area contributed by atoms with Gasteiger partial charge in [0.05, 0.1) is 11.3 Å². The van der Waals surface area contributed by atoms with E-state index < -0.39 is 0 Å². The average Bonchev–Trinajstić information content (AvgIpc) is 2.41. The Morgan fingerprint density at radius 2 is 1.72 bits per heavy atom. The van der Waals surface area contributed by atoms with Gasteiger partial charge < -0.3 is 10.7 Å². The lowest BCUT2D eigenvalue weighted by atomic mass is 10.1. The summed E-state index contributed by atoms with van der Waals surface area (Å²) in [4.78, 5) is 12.1. The van der Waals surface area contributed by atoms with E-state index in [2.05, 4.69) is 10.7 Å². The molecule has 4 nitrogen and oxygen atoms in total. The number of nitrogen functional groups attached to an aromatic ring is 1. The summed E-state index contributed by atoms with van der Waals surface area (Å²) < 4.78 is 0. The fourth-order valence-electron chi connectivity index (χ4n) is 1.64. The third kappa shape index (κ3) is 2.67. The van der Waals surface area contributed by atoms with Gasteiger partial charge in [-0.05, 0) is 31.2 Å². The van der Waals surface area contributed by atoms with Crippen molar-refractivity contribution in [2.45, 2.75) is 6.92 Å². The Labute approximate surface area is 106 Å². The van der Waals surface area contributed by atoms with E-state index >= 15 is 0 Å². The molecule has 0 atom stereocenters. The zero-order valence-electron chi connectivity index (χ0n) is 10.1. The Kier molecular flexibility index (Phi) is 3.60. The van der Waals surface area contributed by atoms with Crippen molar-refractivity contribution in [2.75, 3.05) is 10.7 Å². The van der Waals surface area contributed by atoms with E-state index in [1.54, 1.807) is 18.2 Å². The van der Waals surface area contributed by atoms with Gasteiger partial charge in [0.1, 0.15) is 0 Å². The van der Waals surface area contributed by atoms with E-state index in [4.69, 9.17) is 5.84 Å². The minimum Gasteiger partial charge on any atom is -0.323 e. The third-order valence-corrected chi connectivity index (χ3v) is 2.64. The van der Waals surface area contributed by atoms with E-state index in [0.717, 1.165) is 11.3 Å². The summed E-state index contributed by atoms with van der Waals surface area (Å²) >= 11 is 0. The number of para-hydroxylation sites is 1. The summed E-state index contributed by atoms with van der Waals surface area (Å²) in [6.45, 7) is 2.00. The van der Waals surface area contributed by atoms with Gasteiger partial charge in [-0.25, -0.2) is 0 Å². The topological polar surface area (TPSA) is 67.2 Å². The van der Waals surface area contributed by atoms with Crippen LogP contribution in [0, 0.1) is 6.92 Å². The lowest BCUT2D eigenvalue weighted by molar-refractivity contribution is 0.102. The number of nitrogens with one attached hydrogen (secondary N) is 2. The first-order valence-electron chi connectivity index (χ1n) is 5.64. The van der Waals surface area contributed by atoms with Crippen LogP contribution in [0.5, 0.6) is 0 Å². The summed E-state index contributed by atoms with van der Waals surface area (Å²) in [5, 5.41) is 2.83. The summed E-state index contributed by atoms with van der Waals surface area (Å²) in [5.74, 6) is 5.18. The highest BCUT2D eigenvalue weighted by Gasteiger charge is 2.09. The van der Waals surface area contributed by atoms with Gasteiger partial charge in [0.25, 0.3) is 5.91 Å². The van der Waals surface area contributed by atoms with Crippen molar-refractivity contribution in [1.82, 2.24) is 0 Å². The molecule has 2 aromatic carbocycles. The van der Waals surface area contributed by atoms with Gasteiger partial charge in [0.2, 0.25) is 0 Å². The minimum absolute atomic E-state index is 0.188. The summed E-state index contributed by atoms with van der Waals surface area (Å²) in [5.41, 5.74) is 5.54. The molecule has 0 bridgehead atoms. The number of anilines is 2. The molecule has 0 saturated heterocycles. The first kappa shape index (κ1) is 12.1. The predicted octanol–water partition coefficient (Wildman–Crippen LogP) is 2.53. The van der Waals surface area contributed by atoms with Crippen LogP contribution in [0.3, 0.4) is 0 Å². The lowest BCUT2D eigenvalue weighted by Gasteiger charge is -2.09. The third-order valence-electron chi connectivity index (χ3n) is 2.64. The van der Waals surface area contributed by atoms with Gasteiger partial charge in [0.15, 0.2) is 0 Å². The molecule has 0 spiro atoms. The van der Waals surface area contributed by atoms with Crippen LogP contribution in [-0.4, -0.2) is 5.91 Å². The lowest BCUT2D eigenvalue weighted by Crippen LogP contribution is -2.17. The van der Waals surface area contributed by atoms with Crippen LogP contribution in [0.1, 0.15) is 15.9 Å². The van der Waals surface area contributed by atoms with Crippen LogP contribution in [0.25, 0.3) is 0 Å². The van der Waals surface area contributed by atoms with Gasteiger partial charge >= 0.3 is 0 Å². The van der Waals surface area contributed by atoms with Gasteiger partial charge in [-0.1, -0.05) is 29.8 Å². The molecule has 0 aliphatic heterocycles. The van der Waals surface area contributed by atoms with E-state index in [1.165, 1.54) is 0 Å². The zero-order chi connectivity index (χ0) is 13.0. The first-order valence-corrected chi connectivity index (χ1v) is 5.64. The van der Waals surface area contributed by atoms with Crippen LogP contribution in [0.15, 0.2) is 48.5 Å². The van der Waals surface area contributed by atoms with Gasteiger partial charge in [0, 0.05) is 5.69 Å². The number of hydrazine groups is 1. The number of carbonyl (C=O) groups excluding carboxylic acids is 1. The standard InChI is InChI=1S/C14H15N3O/c1-10-6-8-11(9-7-10)16-14(18)12-4-2-3-5-13(12)17-15/h2-9,17H,15H2,1H3,(H,16,18). The number of benzene rings is 2. The molecule has 0 radical (unpaired) electrons. The van der Waals surface area contributed by atoms with Crippen molar-refractivity contribution in [1.29, 1.82) is 0 Å². The number of rotatable bonds is 3. The molecule has 92 valence electrons. The Morgan fingerprint density at radius 1 is 1.06 bits per heavy atom. The van der Waals surface area contributed by atoms with Crippen LogP contribution >= 0.6 is 0 Å². The number of carbonyl (C=O) groups is 1. The number of nitrogens with two attached hydrogens (primary N) is 1. The van der Waals surface area contributed by atoms with Crippen molar-refractivity contribution < 1.29 is 4.79 Å². The largest absolute Gasteiger partial charge is 0.323 e. The highest BCUT2D eigenvalue weighted by atomic mass is 16.1. The second-order valence-corrected chi connectivity index (χ2v) is 4.01. The van der Waals surface area contributed by atoms with Crippen molar-refractivity contribution in [2.24, 2.45) is 5.84 Å². The Hall–Kier alpha value is -2.33. The molecule has 2 aromatic rings. The van der Waals surface area contributed by atoms with Gasteiger partial charge in [-0.3, -0.25) is 10.6 Å². The molecule has 4 heteroatoms. The molecule has 18 heavy (non-hydrogen) atoms. The van der Waals surface area contributed by atoms with Crippen LogP contribution in [0.2, 0.25) is 0 Å². The fourth-order valence-corrected chi connectivity index (χ4v) is 1.64. The van der Waals surface area contributed by atoms with Crippen LogP contribution < -0.4 is 16.6 Å². The number of hydrogen-bond acceptors (Lipinski definition) is 3. The Bertz CT molecular complexity index is 549. The van der Waals surface area contributed by atoms with E-state index in [9.17, 15) is 4.79 Å². The van der Waals surface area contributed by atoms with E-state index in [1.807, 2.05) is 37.3 Å². The smallest absolute Gasteiger partial charge is 0.257 e. The summed E-state index contributed by atoms with van der Waals surface area (Å²) in [6.07, 6.45) is 0. The fraction of sp³-hybridized carbons (Fsp3) is 0.0714. The molecule has 4 N–H and O–H groups in total. The second-order valence-electron chi connectivity index (χ2n) is 4.01. The molecule has 0 aromatic heterocycles. The molecule has 0 saturated carbocycles. The molecule has 0 heterocycles. The predicted molar refractivity (Wildman–Crippen MR) is 73.4 cm³/mol. The Balaban J connectivity index is 2.19. The second kappa shape index (κ2) is 5.33. The maximum Gasteiger partial charge on any atom is 0.257 e. The molecule has 1 amide bonds.